The molecule has 1 unspecified atom stereocenters. The topological polar surface area (TPSA) is 51.2 Å². The molecular weight excluding hydrogens is 228 g/mol. The van der Waals surface area contributed by atoms with Crippen LogP contribution in [0.15, 0.2) is 6.07 Å². The molecule has 100 valence electrons. The minimum atomic E-state index is -0.329. The van der Waals surface area contributed by atoms with Crippen molar-refractivity contribution in [3.05, 3.63) is 28.6 Å². The first-order valence-electron chi connectivity index (χ1n) is 6.15. The Bertz CT molecular complexity index is 420. The number of nitrogens with zero attached hydrogens (tertiary/aromatic N) is 1. The van der Waals surface area contributed by atoms with Gasteiger partial charge in [-0.05, 0) is 51.8 Å². The molecule has 1 heterocycles. The zero-order chi connectivity index (χ0) is 13.9. The Morgan fingerprint density at radius 2 is 1.94 bits per heavy atom. The van der Waals surface area contributed by atoms with Gasteiger partial charge in [0.25, 0.3) is 0 Å². The van der Waals surface area contributed by atoms with Crippen LogP contribution in [0.1, 0.15) is 42.4 Å². The fourth-order valence-corrected chi connectivity index (χ4v) is 2.39. The van der Waals surface area contributed by atoms with Gasteiger partial charge in [-0.2, -0.15) is 0 Å². The monoisotopic (exact) mass is 250 g/mol. The molecule has 0 bridgehead atoms. The zero-order valence-corrected chi connectivity index (χ0v) is 12.0. The normalized spacial score (nSPS) is 14.1. The number of esters is 1. The van der Waals surface area contributed by atoms with Gasteiger partial charge in [-0.25, -0.2) is 0 Å². The van der Waals surface area contributed by atoms with Crippen LogP contribution in [0.2, 0.25) is 0 Å². The highest BCUT2D eigenvalue weighted by Crippen LogP contribution is 2.21. The van der Waals surface area contributed by atoms with Crippen molar-refractivity contribution in [3.8, 4) is 0 Å². The molecule has 0 saturated heterocycles. The minimum Gasteiger partial charge on any atom is -0.468 e. The summed E-state index contributed by atoms with van der Waals surface area (Å²) >= 11 is 0. The predicted octanol–water partition coefficient (Wildman–Crippen LogP) is 2.22. The van der Waals surface area contributed by atoms with Crippen LogP contribution in [-0.2, 0) is 9.53 Å². The Hall–Kier alpha value is -1.42. The Balaban J connectivity index is 2.91. The first-order chi connectivity index (χ1) is 8.36. The summed E-state index contributed by atoms with van der Waals surface area (Å²) in [6.07, 6.45) is 0. The second-order valence-electron chi connectivity index (χ2n) is 4.71. The molecule has 0 spiro atoms. The van der Waals surface area contributed by atoms with E-state index in [0.29, 0.717) is 0 Å². The van der Waals surface area contributed by atoms with Crippen LogP contribution in [0, 0.1) is 20.8 Å². The van der Waals surface area contributed by atoms with Gasteiger partial charge in [-0.15, -0.1) is 0 Å². The number of hydrogen-bond acceptors (Lipinski definition) is 4. The number of methoxy groups -OCH3 is 1. The molecule has 0 aromatic carbocycles. The average molecular weight is 250 g/mol. The van der Waals surface area contributed by atoms with E-state index in [2.05, 4.69) is 23.3 Å². The molecular formula is C14H22N2O2. The summed E-state index contributed by atoms with van der Waals surface area (Å²) in [7, 11) is 1.40. The maximum absolute atomic E-state index is 11.4. The Morgan fingerprint density at radius 1 is 1.33 bits per heavy atom. The van der Waals surface area contributed by atoms with Gasteiger partial charge in [0.2, 0.25) is 0 Å². The molecule has 0 fully saturated rings. The predicted molar refractivity (Wildman–Crippen MR) is 71.5 cm³/mol. The second kappa shape index (κ2) is 5.96. The summed E-state index contributed by atoms with van der Waals surface area (Å²) in [5.41, 5.74) is 4.36. The summed E-state index contributed by atoms with van der Waals surface area (Å²) in [6.45, 7) is 9.88. The Labute approximate surface area is 109 Å². The second-order valence-corrected chi connectivity index (χ2v) is 4.71. The van der Waals surface area contributed by atoms with Gasteiger partial charge in [-0.3, -0.25) is 15.1 Å². The summed E-state index contributed by atoms with van der Waals surface area (Å²) in [6, 6.07) is 1.79. The standard InChI is InChI=1S/C14H22N2O2/c1-8-7-9(2)15-10(3)13(8)11(4)16-12(5)14(17)18-6/h7,11-12,16H,1-6H3/t11?,12-/m0/s1. The fraction of sp³-hybridized carbons (Fsp3) is 0.571. The van der Waals surface area contributed by atoms with E-state index >= 15 is 0 Å². The number of carbonyl (C=O) groups is 1. The third-order valence-corrected chi connectivity index (χ3v) is 3.07. The number of carbonyl (C=O) groups excluding carboxylic acids is 1. The van der Waals surface area contributed by atoms with Crippen molar-refractivity contribution in [2.45, 2.75) is 46.7 Å². The highest BCUT2D eigenvalue weighted by Gasteiger charge is 2.19. The van der Waals surface area contributed by atoms with Crippen molar-refractivity contribution in [1.29, 1.82) is 0 Å². The maximum Gasteiger partial charge on any atom is 0.322 e. The van der Waals surface area contributed by atoms with E-state index in [4.69, 9.17) is 4.74 Å². The molecule has 18 heavy (non-hydrogen) atoms. The van der Waals surface area contributed by atoms with Gasteiger partial charge >= 0.3 is 5.97 Å². The molecule has 0 aliphatic carbocycles. The molecule has 1 aromatic rings. The zero-order valence-electron chi connectivity index (χ0n) is 12.0. The van der Waals surface area contributed by atoms with Crippen molar-refractivity contribution in [2.24, 2.45) is 0 Å². The summed E-state index contributed by atoms with van der Waals surface area (Å²) in [4.78, 5) is 15.9. The minimum absolute atomic E-state index is 0.0622. The molecule has 4 heteroatoms. The first-order valence-corrected chi connectivity index (χ1v) is 6.15. The van der Waals surface area contributed by atoms with Crippen LogP contribution in [0.3, 0.4) is 0 Å². The van der Waals surface area contributed by atoms with E-state index in [1.165, 1.54) is 12.7 Å². The molecule has 1 aromatic heterocycles. The first kappa shape index (κ1) is 14.6. The lowest BCUT2D eigenvalue weighted by Crippen LogP contribution is -2.37. The summed E-state index contributed by atoms with van der Waals surface area (Å²) in [5, 5.41) is 3.23. The third kappa shape index (κ3) is 3.29. The van der Waals surface area contributed by atoms with Crippen molar-refractivity contribution in [1.82, 2.24) is 10.3 Å². The van der Waals surface area contributed by atoms with E-state index in [0.717, 1.165) is 17.0 Å². The average Bonchev–Trinajstić information content (AvgIpc) is 2.26. The van der Waals surface area contributed by atoms with E-state index in [9.17, 15) is 4.79 Å². The van der Waals surface area contributed by atoms with Crippen molar-refractivity contribution in [3.63, 3.8) is 0 Å². The third-order valence-electron chi connectivity index (χ3n) is 3.07. The van der Waals surface area contributed by atoms with Crippen molar-refractivity contribution >= 4 is 5.97 Å². The number of nitrogens with one attached hydrogen (secondary N) is 1. The van der Waals surface area contributed by atoms with Crippen LogP contribution in [0.5, 0.6) is 0 Å². The van der Waals surface area contributed by atoms with E-state index in [1.807, 2.05) is 20.8 Å². The molecule has 0 radical (unpaired) electrons. The number of hydrogen-bond donors (Lipinski definition) is 1. The van der Waals surface area contributed by atoms with Crippen molar-refractivity contribution in [2.75, 3.05) is 7.11 Å². The van der Waals surface area contributed by atoms with Crippen LogP contribution in [0.25, 0.3) is 0 Å². The van der Waals surface area contributed by atoms with Gasteiger partial charge in [0.05, 0.1) is 7.11 Å². The molecule has 1 N–H and O–H groups in total. The molecule has 0 aliphatic rings. The number of aromatic nitrogens is 1. The van der Waals surface area contributed by atoms with Crippen LogP contribution >= 0.6 is 0 Å². The lowest BCUT2D eigenvalue weighted by Gasteiger charge is -2.22. The van der Waals surface area contributed by atoms with E-state index in [-0.39, 0.29) is 18.1 Å². The molecule has 0 saturated carbocycles. The van der Waals surface area contributed by atoms with Gasteiger partial charge in [0, 0.05) is 17.4 Å². The lowest BCUT2D eigenvalue weighted by molar-refractivity contribution is -0.142. The van der Waals surface area contributed by atoms with Crippen LogP contribution in [-0.4, -0.2) is 24.1 Å². The fourth-order valence-electron chi connectivity index (χ4n) is 2.39. The molecule has 4 nitrogen and oxygen atoms in total. The Morgan fingerprint density at radius 3 is 2.44 bits per heavy atom. The van der Waals surface area contributed by atoms with Gasteiger partial charge in [0.1, 0.15) is 6.04 Å². The Kier molecular flexibility index (Phi) is 4.84. The highest BCUT2D eigenvalue weighted by atomic mass is 16.5. The van der Waals surface area contributed by atoms with Gasteiger partial charge in [0.15, 0.2) is 0 Å². The maximum atomic E-state index is 11.4. The van der Waals surface area contributed by atoms with E-state index in [1.54, 1.807) is 6.92 Å². The largest absolute Gasteiger partial charge is 0.468 e. The quantitative estimate of drug-likeness (QED) is 0.832. The van der Waals surface area contributed by atoms with Crippen LogP contribution in [0.4, 0.5) is 0 Å². The molecule has 1 rings (SSSR count). The van der Waals surface area contributed by atoms with Gasteiger partial charge in [-0.1, -0.05) is 0 Å². The highest BCUT2D eigenvalue weighted by molar-refractivity contribution is 5.75. The summed E-state index contributed by atoms with van der Waals surface area (Å²) < 4.78 is 4.71. The van der Waals surface area contributed by atoms with E-state index < -0.39 is 0 Å². The number of pyridine rings is 1. The molecule has 2 atom stereocenters. The van der Waals surface area contributed by atoms with Crippen molar-refractivity contribution < 1.29 is 9.53 Å². The lowest BCUT2D eigenvalue weighted by atomic mass is 10.00. The van der Waals surface area contributed by atoms with Crippen LogP contribution < -0.4 is 5.32 Å². The summed E-state index contributed by atoms with van der Waals surface area (Å²) in [5.74, 6) is -0.253. The molecule has 0 aliphatic heterocycles. The number of ether oxygens (including phenoxy) is 1. The number of rotatable bonds is 4. The SMILES string of the molecule is COC(=O)[C@H](C)NC(C)c1c(C)cc(C)nc1C. The van der Waals surface area contributed by atoms with Gasteiger partial charge < -0.3 is 4.74 Å². The number of aryl methyl sites for hydroxylation is 3. The molecule has 0 amide bonds. The smallest absolute Gasteiger partial charge is 0.322 e.